The van der Waals surface area contributed by atoms with Crippen molar-refractivity contribution in [3.05, 3.63) is 36.2 Å². The zero-order valence-electron chi connectivity index (χ0n) is 9.16. The molecule has 2 aromatic rings. The van der Waals surface area contributed by atoms with E-state index in [-0.39, 0.29) is 0 Å². The van der Waals surface area contributed by atoms with E-state index < -0.39 is 0 Å². The quantitative estimate of drug-likeness (QED) is 0.759. The number of nitrogens with zero attached hydrogens (tertiary/aromatic N) is 1. The van der Waals surface area contributed by atoms with Gasteiger partial charge in [0, 0.05) is 17.8 Å². The van der Waals surface area contributed by atoms with Crippen molar-refractivity contribution in [1.29, 1.82) is 0 Å². The molecular formula is C13H15NO. The fourth-order valence-electron chi connectivity index (χ4n) is 1.65. The van der Waals surface area contributed by atoms with Crippen LogP contribution >= 0.6 is 0 Å². The van der Waals surface area contributed by atoms with Crippen LogP contribution in [0.2, 0.25) is 0 Å². The molecule has 2 rings (SSSR count). The van der Waals surface area contributed by atoms with Crippen molar-refractivity contribution < 1.29 is 4.74 Å². The molecule has 0 bridgehead atoms. The molecule has 0 radical (unpaired) electrons. The maximum atomic E-state index is 5.68. The molecule has 0 spiro atoms. The topological polar surface area (TPSA) is 22.1 Å². The summed E-state index contributed by atoms with van der Waals surface area (Å²) in [6, 6.07) is 6.14. The van der Waals surface area contributed by atoms with E-state index in [0.717, 1.165) is 24.2 Å². The summed E-state index contributed by atoms with van der Waals surface area (Å²) < 4.78 is 5.68. The molecule has 0 unspecified atom stereocenters. The summed E-state index contributed by atoms with van der Waals surface area (Å²) in [5.41, 5.74) is 1.26. The van der Waals surface area contributed by atoms with Crippen molar-refractivity contribution >= 4 is 10.8 Å². The van der Waals surface area contributed by atoms with Gasteiger partial charge in [0.1, 0.15) is 5.75 Å². The van der Waals surface area contributed by atoms with Gasteiger partial charge in [-0.2, -0.15) is 0 Å². The van der Waals surface area contributed by atoms with Gasteiger partial charge < -0.3 is 4.74 Å². The molecule has 0 N–H and O–H groups in total. The van der Waals surface area contributed by atoms with Crippen LogP contribution in [0.5, 0.6) is 5.75 Å². The van der Waals surface area contributed by atoms with Gasteiger partial charge in [-0.25, -0.2) is 0 Å². The molecule has 2 nitrogen and oxygen atoms in total. The minimum Gasteiger partial charge on any atom is -0.493 e. The lowest BCUT2D eigenvalue weighted by Gasteiger charge is -2.09. The summed E-state index contributed by atoms with van der Waals surface area (Å²) in [5, 5.41) is 2.32. The Kier molecular flexibility index (Phi) is 2.86. The standard InChI is InChI=1S/C13H15NO/c1-3-8-15-13-5-4-10(2)11-6-7-14-9-12(11)13/h4-7,9H,3,8H2,1-2H3. The first-order valence-electron chi connectivity index (χ1n) is 5.29. The molecule has 0 atom stereocenters. The summed E-state index contributed by atoms with van der Waals surface area (Å²) in [6.45, 7) is 4.97. The number of hydrogen-bond donors (Lipinski definition) is 0. The highest BCUT2D eigenvalue weighted by molar-refractivity contribution is 5.90. The molecule has 78 valence electrons. The van der Waals surface area contributed by atoms with E-state index in [1.165, 1.54) is 10.9 Å². The van der Waals surface area contributed by atoms with Crippen LogP contribution in [0.15, 0.2) is 30.6 Å². The zero-order chi connectivity index (χ0) is 10.7. The molecule has 0 fully saturated rings. The predicted octanol–water partition coefficient (Wildman–Crippen LogP) is 3.33. The second kappa shape index (κ2) is 4.30. The van der Waals surface area contributed by atoms with E-state index in [2.05, 4.69) is 24.9 Å². The van der Waals surface area contributed by atoms with Crippen LogP contribution in [0.4, 0.5) is 0 Å². The van der Waals surface area contributed by atoms with Gasteiger partial charge >= 0.3 is 0 Å². The zero-order valence-corrected chi connectivity index (χ0v) is 9.16. The SMILES string of the molecule is CCCOc1ccc(C)c2ccncc12. The van der Waals surface area contributed by atoms with Crippen LogP contribution in [0.3, 0.4) is 0 Å². The van der Waals surface area contributed by atoms with Gasteiger partial charge in [0.25, 0.3) is 0 Å². The van der Waals surface area contributed by atoms with E-state index in [1.807, 2.05) is 24.5 Å². The van der Waals surface area contributed by atoms with Gasteiger partial charge in [-0.05, 0) is 36.4 Å². The third-order valence-electron chi connectivity index (χ3n) is 2.46. The van der Waals surface area contributed by atoms with Crippen LogP contribution in [0.1, 0.15) is 18.9 Å². The summed E-state index contributed by atoms with van der Waals surface area (Å²) in [5.74, 6) is 0.936. The minimum absolute atomic E-state index is 0.757. The number of rotatable bonds is 3. The lowest BCUT2D eigenvalue weighted by Crippen LogP contribution is -1.96. The molecule has 0 saturated carbocycles. The monoisotopic (exact) mass is 201 g/mol. The number of aryl methyl sites for hydroxylation is 1. The molecule has 0 saturated heterocycles. The molecule has 0 aliphatic heterocycles. The maximum Gasteiger partial charge on any atom is 0.128 e. The first kappa shape index (κ1) is 9.97. The molecule has 2 heteroatoms. The third kappa shape index (κ3) is 1.94. The number of hydrogen-bond acceptors (Lipinski definition) is 2. The number of fused-ring (bicyclic) bond motifs is 1. The number of ether oxygens (including phenoxy) is 1. The van der Waals surface area contributed by atoms with Gasteiger partial charge in [0.15, 0.2) is 0 Å². The van der Waals surface area contributed by atoms with E-state index in [1.54, 1.807) is 0 Å². The molecule has 0 amide bonds. The van der Waals surface area contributed by atoms with Crippen molar-refractivity contribution in [2.75, 3.05) is 6.61 Å². The van der Waals surface area contributed by atoms with Crippen molar-refractivity contribution in [2.45, 2.75) is 20.3 Å². The molecule has 1 heterocycles. The Balaban J connectivity index is 2.51. The number of pyridine rings is 1. The Morgan fingerprint density at radius 1 is 1.20 bits per heavy atom. The van der Waals surface area contributed by atoms with E-state index >= 15 is 0 Å². The van der Waals surface area contributed by atoms with E-state index in [0.29, 0.717) is 0 Å². The normalized spacial score (nSPS) is 10.5. The molecule has 1 aromatic carbocycles. The Bertz CT molecular complexity index is 465. The molecule has 0 aliphatic rings. The van der Waals surface area contributed by atoms with Crippen molar-refractivity contribution in [2.24, 2.45) is 0 Å². The second-order valence-corrected chi connectivity index (χ2v) is 3.65. The number of benzene rings is 1. The predicted molar refractivity (Wildman–Crippen MR) is 62.3 cm³/mol. The van der Waals surface area contributed by atoms with Gasteiger partial charge in [-0.3, -0.25) is 4.98 Å². The fourth-order valence-corrected chi connectivity index (χ4v) is 1.65. The summed E-state index contributed by atoms with van der Waals surface area (Å²) in [6.07, 6.45) is 4.71. The first-order valence-corrected chi connectivity index (χ1v) is 5.29. The van der Waals surface area contributed by atoms with Gasteiger partial charge in [-0.1, -0.05) is 13.0 Å². The average molecular weight is 201 g/mol. The Labute approximate surface area is 89.9 Å². The van der Waals surface area contributed by atoms with Crippen LogP contribution < -0.4 is 4.74 Å². The smallest absolute Gasteiger partial charge is 0.128 e. The van der Waals surface area contributed by atoms with Gasteiger partial charge in [0.05, 0.1) is 6.61 Å². The fraction of sp³-hybridized carbons (Fsp3) is 0.308. The highest BCUT2D eigenvalue weighted by Gasteiger charge is 2.03. The number of aromatic nitrogens is 1. The van der Waals surface area contributed by atoms with Crippen LogP contribution in [0, 0.1) is 6.92 Å². The maximum absolute atomic E-state index is 5.68. The highest BCUT2D eigenvalue weighted by atomic mass is 16.5. The average Bonchev–Trinajstić information content (AvgIpc) is 2.29. The second-order valence-electron chi connectivity index (χ2n) is 3.65. The third-order valence-corrected chi connectivity index (χ3v) is 2.46. The summed E-state index contributed by atoms with van der Waals surface area (Å²) in [7, 11) is 0. The van der Waals surface area contributed by atoms with E-state index in [4.69, 9.17) is 4.74 Å². The summed E-state index contributed by atoms with van der Waals surface area (Å²) in [4.78, 5) is 4.14. The van der Waals surface area contributed by atoms with E-state index in [9.17, 15) is 0 Å². The largest absolute Gasteiger partial charge is 0.493 e. The summed E-state index contributed by atoms with van der Waals surface area (Å²) >= 11 is 0. The molecular weight excluding hydrogens is 186 g/mol. The molecule has 15 heavy (non-hydrogen) atoms. The van der Waals surface area contributed by atoms with Crippen molar-refractivity contribution in [1.82, 2.24) is 4.98 Å². The Morgan fingerprint density at radius 2 is 2.07 bits per heavy atom. The van der Waals surface area contributed by atoms with Gasteiger partial charge in [-0.15, -0.1) is 0 Å². The highest BCUT2D eigenvalue weighted by Crippen LogP contribution is 2.27. The Hall–Kier alpha value is -1.57. The van der Waals surface area contributed by atoms with Crippen LogP contribution in [-0.2, 0) is 0 Å². The van der Waals surface area contributed by atoms with Crippen LogP contribution in [-0.4, -0.2) is 11.6 Å². The van der Waals surface area contributed by atoms with Crippen molar-refractivity contribution in [3.63, 3.8) is 0 Å². The van der Waals surface area contributed by atoms with Crippen molar-refractivity contribution in [3.8, 4) is 5.75 Å². The molecule has 1 aromatic heterocycles. The van der Waals surface area contributed by atoms with Crippen LogP contribution in [0.25, 0.3) is 10.8 Å². The molecule has 0 aliphatic carbocycles. The van der Waals surface area contributed by atoms with Gasteiger partial charge in [0.2, 0.25) is 0 Å². The Morgan fingerprint density at radius 3 is 2.87 bits per heavy atom. The lowest BCUT2D eigenvalue weighted by atomic mass is 10.1. The first-order chi connectivity index (χ1) is 7.33. The minimum atomic E-state index is 0.757. The lowest BCUT2D eigenvalue weighted by molar-refractivity contribution is 0.321.